The number of ether oxygens (including phenoxy) is 1. The van der Waals surface area contributed by atoms with Crippen LogP contribution in [0.25, 0.3) is 0 Å². The first-order valence-electron chi connectivity index (χ1n) is 8.03. The lowest BCUT2D eigenvalue weighted by atomic mass is 10.1. The first kappa shape index (κ1) is 17.1. The van der Waals surface area contributed by atoms with Crippen LogP contribution in [-0.2, 0) is 6.42 Å². The van der Waals surface area contributed by atoms with Crippen LogP contribution in [0.4, 0.5) is 11.8 Å². The minimum atomic E-state index is 0.559. The lowest BCUT2D eigenvalue weighted by molar-refractivity contribution is 0.414. The fourth-order valence-corrected chi connectivity index (χ4v) is 2.20. The molecule has 0 saturated carbocycles. The number of hydrogen-bond donors (Lipinski definition) is 2. The van der Waals surface area contributed by atoms with Gasteiger partial charge in [0, 0.05) is 24.8 Å². The summed E-state index contributed by atoms with van der Waals surface area (Å²) in [5, 5.41) is 6.64. The monoisotopic (exact) mass is 314 g/mol. The molecule has 5 heteroatoms. The van der Waals surface area contributed by atoms with Crippen molar-refractivity contribution >= 4 is 11.8 Å². The molecule has 5 nitrogen and oxygen atoms in total. The topological polar surface area (TPSA) is 59.1 Å². The average molecular weight is 314 g/mol. The van der Waals surface area contributed by atoms with E-state index in [0.29, 0.717) is 11.9 Å². The zero-order chi connectivity index (χ0) is 16.7. The maximum absolute atomic E-state index is 5.25. The van der Waals surface area contributed by atoms with E-state index in [4.69, 9.17) is 4.74 Å². The van der Waals surface area contributed by atoms with E-state index in [1.165, 1.54) is 5.56 Å². The normalized spacial score (nSPS) is 10.7. The Balaban J connectivity index is 1.91. The Bertz CT molecular complexity index is 628. The summed E-state index contributed by atoms with van der Waals surface area (Å²) in [6, 6.07) is 10.1. The third kappa shape index (κ3) is 5.77. The largest absolute Gasteiger partial charge is 0.497 e. The lowest BCUT2D eigenvalue weighted by Gasteiger charge is -2.11. The van der Waals surface area contributed by atoms with E-state index in [1.54, 1.807) is 7.11 Å². The molecule has 0 spiro atoms. The minimum absolute atomic E-state index is 0.559. The predicted octanol–water partition coefficient (Wildman–Crippen LogP) is 3.52. The van der Waals surface area contributed by atoms with Crippen molar-refractivity contribution in [1.29, 1.82) is 0 Å². The molecule has 1 aromatic heterocycles. The molecule has 0 aliphatic heterocycles. The summed E-state index contributed by atoms with van der Waals surface area (Å²) in [6.07, 6.45) is 0.912. The number of benzene rings is 1. The van der Waals surface area contributed by atoms with Crippen molar-refractivity contribution in [3.8, 4) is 5.75 Å². The van der Waals surface area contributed by atoms with Gasteiger partial charge in [0.2, 0.25) is 5.95 Å². The molecule has 2 N–H and O–H groups in total. The van der Waals surface area contributed by atoms with Gasteiger partial charge in [0.05, 0.1) is 7.11 Å². The molecule has 2 rings (SSSR count). The Hall–Kier alpha value is -2.30. The molecule has 2 aromatic rings. The van der Waals surface area contributed by atoms with Crippen molar-refractivity contribution in [3.05, 3.63) is 41.6 Å². The highest BCUT2D eigenvalue weighted by Gasteiger charge is 2.03. The number of nitrogens with one attached hydrogen (secondary N) is 2. The average Bonchev–Trinajstić information content (AvgIpc) is 2.53. The van der Waals surface area contributed by atoms with Gasteiger partial charge >= 0.3 is 0 Å². The summed E-state index contributed by atoms with van der Waals surface area (Å²) >= 11 is 0. The van der Waals surface area contributed by atoms with Gasteiger partial charge in [-0.1, -0.05) is 26.0 Å². The molecular weight excluding hydrogens is 288 g/mol. The van der Waals surface area contributed by atoms with Gasteiger partial charge in [0.1, 0.15) is 11.6 Å². The highest BCUT2D eigenvalue weighted by atomic mass is 16.5. The molecule has 0 unspecified atom stereocenters. The van der Waals surface area contributed by atoms with Gasteiger partial charge < -0.3 is 15.4 Å². The van der Waals surface area contributed by atoms with E-state index in [1.807, 2.05) is 25.1 Å². The smallest absolute Gasteiger partial charge is 0.224 e. The second kappa shape index (κ2) is 8.36. The Morgan fingerprint density at radius 1 is 1.13 bits per heavy atom. The van der Waals surface area contributed by atoms with Crippen molar-refractivity contribution in [2.24, 2.45) is 5.92 Å². The lowest BCUT2D eigenvalue weighted by Crippen LogP contribution is -2.13. The highest BCUT2D eigenvalue weighted by Crippen LogP contribution is 2.14. The summed E-state index contributed by atoms with van der Waals surface area (Å²) in [5.41, 5.74) is 2.19. The Morgan fingerprint density at radius 2 is 1.96 bits per heavy atom. The molecule has 0 amide bonds. The summed E-state index contributed by atoms with van der Waals surface area (Å²) in [4.78, 5) is 8.93. The van der Waals surface area contributed by atoms with E-state index >= 15 is 0 Å². The van der Waals surface area contributed by atoms with E-state index in [9.17, 15) is 0 Å². The minimum Gasteiger partial charge on any atom is -0.497 e. The molecule has 1 aromatic carbocycles. The van der Waals surface area contributed by atoms with Crippen molar-refractivity contribution in [1.82, 2.24) is 9.97 Å². The summed E-state index contributed by atoms with van der Waals surface area (Å²) in [5.74, 6) is 2.98. The summed E-state index contributed by atoms with van der Waals surface area (Å²) in [7, 11) is 1.69. The van der Waals surface area contributed by atoms with Gasteiger partial charge in [-0.05, 0) is 37.0 Å². The first-order chi connectivity index (χ1) is 11.1. The third-order valence-corrected chi connectivity index (χ3v) is 3.38. The van der Waals surface area contributed by atoms with E-state index < -0.39 is 0 Å². The second-order valence-electron chi connectivity index (χ2n) is 6.02. The Kier molecular flexibility index (Phi) is 6.20. The second-order valence-corrected chi connectivity index (χ2v) is 6.02. The summed E-state index contributed by atoms with van der Waals surface area (Å²) in [6.45, 7) is 7.99. The number of aromatic nitrogens is 2. The van der Waals surface area contributed by atoms with Crippen LogP contribution in [-0.4, -0.2) is 30.2 Å². The predicted molar refractivity (Wildman–Crippen MR) is 95.3 cm³/mol. The molecule has 0 bridgehead atoms. The molecule has 0 fully saturated rings. The fraction of sp³-hybridized carbons (Fsp3) is 0.444. The molecule has 0 radical (unpaired) electrons. The standard InChI is InChI=1S/C18H26N4O/c1-13(2)12-20-18-21-14(3)10-17(22-18)19-9-8-15-6-5-7-16(11-15)23-4/h5-7,10-11,13H,8-9,12H2,1-4H3,(H2,19,20,21,22). The van der Waals surface area contributed by atoms with Crippen LogP contribution in [0.1, 0.15) is 25.1 Å². The number of nitrogens with zero attached hydrogens (tertiary/aromatic N) is 2. The van der Waals surface area contributed by atoms with Crippen LogP contribution in [0.2, 0.25) is 0 Å². The molecule has 0 atom stereocenters. The fourth-order valence-electron chi connectivity index (χ4n) is 2.20. The maximum Gasteiger partial charge on any atom is 0.224 e. The van der Waals surface area contributed by atoms with Crippen molar-refractivity contribution < 1.29 is 4.74 Å². The van der Waals surface area contributed by atoms with Crippen molar-refractivity contribution in [2.75, 3.05) is 30.8 Å². The zero-order valence-corrected chi connectivity index (χ0v) is 14.4. The molecule has 0 saturated heterocycles. The number of anilines is 2. The maximum atomic E-state index is 5.25. The number of methoxy groups -OCH3 is 1. The van der Waals surface area contributed by atoms with Crippen LogP contribution in [0.3, 0.4) is 0 Å². The van der Waals surface area contributed by atoms with Crippen molar-refractivity contribution in [2.45, 2.75) is 27.2 Å². The molecule has 0 aliphatic rings. The zero-order valence-electron chi connectivity index (χ0n) is 14.4. The number of hydrogen-bond acceptors (Lipinski definition) is 5. The van der Waals surface area contributed by atoms with Gasteiger partial charge in [0.15, 0.2) is 0 Å². The third-order valence-electron chi connectivity index (χ3n) is 3.38. The summed E-state index contributed by atoms with van der Waals surface area (Å²) < 4.78 is 5.25. The van der Waals surface area contributed by atoms with Gasteiger partial charge in [-0.3, -0.25) is 0 Å². The van der Waals surface area contributed by atoms with Crippen LogP contribution in [0, 0.1) is 12.8 Å². The molecule has 0 aliphatic carbocycles. The number of rotatable bonds is 8. The van der Waals surface area contributed by atoms with Crippen LogP contribution in [0.5, 0.6) is 5.75 Å². The number of aryl methyl sites for hydroxylation is 1. The first-order valence-corrected chi connectivity index (χ1v) is 8.03. The van der Waals surface area contributed by atoms with Gasteiger partial charge in [-0.25, -0.2) is 4.98 Å². The molecule has 124 valence electrons. The quantitative estimate of drug-likeness (QED) is 0.781. The molecular formula is C18H26N4O. The van der Waals surface area contributed by atoms with Crippen LogP contribution < -0.4 is 15.4 Å². The van der Waals surface area contributed by atoms with Crippen LogP contribution >= 0.6 is 0 Å². The van der Waals surface area contributed by atoms with E-state index in [0.717, 1.165) is 36.8 Å². The van der Waals surface area contributed by atoms with Gasteiger partial charge in [0.25, 0.3) is 0 Å². The van der Waals surface area contributed by atoms with E-state index in [2.05, 4.69) is 46.6 Å². The SMILES string of the molecule is COc1cccc(CCNc2cc(C)nc(NCC(C)C)n2)c1. The van der Waals surface area contributed by atoms with E-state index in [-0.39, 0.29) is 0 Å². The Morgan fingerprint density at radius 3 is 2.70 bits per heavy atom. The van der Waals surface area contributed by atoms with Gasteiger partial charge in [-0.15, -0.1) is 0 Å². The highest BCUT2D eigenvalue weighted by molar-refractivity contribution is 5.42. The molecule has 1 heterocycles. The Labute approximate surface area is 138 Å². The van der Waals surface area contributed by atoms with Crippen molar-refractivity contribution in [3.63, 3.8) is 0 Å². The molecule has 23 heavy (non-hydrogen) atoms. The van der Waals surface area contributed by atoms with Crippen LogP contribution in [0.15, 0.2) is 30.3 Å². The van der Waals surface area contributed by atoms with Gasteiger partial charge in [-0.2, -0.15) is 4.98 Å².